The van der Waals surface area contributed by atoms with Crippen LogP contribution in [-0.2, 0) is 35.2 Å². The van der Waals surface area contributed by atoms with Crippen LogP contribution in [-0.4, -0.2) is 93.7 Å². The van der Waals surface area contributed by atoms with Crippen LogP contribution in [0.15, 0.2) is 24.3 Å². The molecule has 0 heterocycles. The third kappa shape index (κ3) is 12.5. The standard InChI is InChI=1S/C27H42N6O9/c1-13(2)10-20(25(39)30-14(3)23(37)31-15(4)27(41)42)32-21(36)12-29-26(40)22(16(5)34)33-24(38)19(28)11-17-6-8-18(35)9-7-17/h6-9,13-16,19-20,22,34-35H,10-12,28H2,1-5H3,(H,29,40)(H,30,39)(H,31,37)(H,32,36)(H,33,38)(H,41,42)/t14-,15-,16+,19-,20-,22-/m0/s1. The molecule has 234 valence electrons. The predicted molar refractivity (Wildman–Crippen MR) is 151 cm³/mol. The number of hydrogen-bond donors (Lipinski definition) is 9. The number of nitrogens with two attached hydrogens (primary N) is 1. The Bertz CT molecular complexity index is 1110. The van der Waals surface area contributed by atoms with E-state index in [1.54, 1.807) is 26.0 Å². The number of rotatable bonds is 16. The monoisotopic (exact) mass is 594 g/mol. The number of amides is 5. The summed E-state index contributed by atoms with van der Waals surface area (Å²) in [5, 5.41) is 40.2. The fourth-order valence-corrected chi connectivity index (χ4v) is 3.65. The van der Waals surface area contributed by atoms with E-state index >= 15 is 0 Å². The Morgan fingerprint density at radius 3 is 1.88 bits per heavy atom. The normalized spacial score (nSPS) is 15.2. The van der Waals surface area contributed by atoms with E-state index in [1.807, 2.05) is 0 Å². The van der Waals surface area contributed by atoms with Gasteiger partial charge in [0.1, 0.15) is 29.9 Å². The predicted octanol–water partition coefficient (Wildman–Crippen LogP) is -2.13. The maximum atomic E-state index is 12.8. The van der Waals surface area contributed by atoms with Crippen molar-refractivity contribution in [3.05, 3.63) is 29.8 Å². The number of nitrogens with one attached hydrogen (secondary N) is 5. The topological polar surface area (TPSA) is 249 Å². The number of aliphatic hydroxyl groups excluding tert-OH is 1. The number of carboxylic acids is 1. The van der Waals surface area contributed by atoms with E-state index in [0.717, 1.165) is 0 Å². The number of carbonyl (C=O) groups is 6. The van der Waals surface area contributed by atoms with E-state index in [0.29, 0.717) is 5.56 Å². The van der Waals surface area contributed by atoms with Crippen molar-refractivity contribution in [1.29, 1.82) is 0 Å². The Morgan fingerprint density at radius 1 is 0.786 bits per heavy atom. The van der Waals surface area contributed by atoms with Gasteiger partial charge in [-0.1, -0.05) is 26.0 Å². The molecular weight excluding hydrogens is 552 g/mol. The van der Waals surface area contributed by atoms with E-state index in [4.69, 9.17) is 10.8 Å². The van der Waals surface area contributed by atoms with Crippen molar-refractivity contribution < 1.29 is 44.1 Å². The first-order chi connectivity index (χ1) is 19.5. The number of phenolic OH excluding ortho intramolecular Hbond substituents is 1. The van der Waals surface area contributed by atoms with Gasteiger partial charge in [-0.15, -0.1) is 0 Å². The molecular formula is C27H42N6O9. The molecule has 0 aromatic heterocycles. The second-order valence-electron chi connectivity index (χ2n) is 10.5. The lowest BCUT2D eigenvalue weighted by Crippen LogP contribution is -2.58. The summed E-state index contributed by atoms with van der Waals surface area (Å²) < 4.78 is 0. The first-order valence-corrected chi connectivity index (χ1v) is 13.4. The summed E-state index contributed by atoms with van der Waals surface area (Å²) in [5.41, 5.74) is 6.59. The van der Waals surface area contributed by atoms with Crippen LogP contribution in [0.1, 0.15) is 46.6 Å². The van der Waals surface area contributed by atoms with Crippen LogP contribution in [0.4, 0.5) is 0 Å². The quantitative estimate of drug-likeness (QED) is 0.100. The Kier molecular flexibility index (Phi) is 14.4. The Balaban J connectivity index is 2.73. The highest BCUT2D eigenvalue weighted by atomic mass is 16.4. The van der Waals surface area contributed by atoms with E-state index in [9.17, 15) is 39.0 Å². The molecule has 1 aromatic carbocycles. The third-order valence-electron chi connectivity index (χ3n) is 6.05. The van der Waals surface area contributed by atoms with E-state index in [1.165, 1.54) is 32.9 Å². The molecule has 1 aromatic rings. The summed E-state index contributed by atoms with van der Waals surface area (Å²) in [6.07, 6.45) is -1.05. The number of aliphatic carboxylic acids is 1. The average Bonchev–Trinajstić information content (AvgIpc) is 2.90. The molecule has 0 aliphatic heterocycles. The minimum atomic E-state index is -1.43. The van der Waals surface area contributed by atoms with Gasteiger partial charge >= 0.3 is 5.97 Å². The molecule has 0 bridgehead atoms. The first-order valence-electron chi connectivity index (χ1n) is 13.4. The zero-order valence-corrected chi connectivity index (χ0v) is 24.3. The van der Waals surface area contributed by atoms with E-state index in [2.05, 4.69) is 26.6 Å². The fourth-order valence-electron chi connectivity index (χ4n) is 3.65. The van der Waals surface area contributed by atoms with Crippen molar-refractivity contribution in [1.82, 2.24) is 26.6 Å². The molecule has 15 nitrogen and oxygen atoms in total. The number of hydrogen-bond acceptors (Lipinski definition) is 9. The van der Waals surface area contributed by atoms with Crippen LogP contribution in [0.2, 0.25) is 0 Å². The van der Waals surface area contributed by atoms with Crippen molar-refractivity contribution in [2.75, 3.05) is 6.54 Å². The van der Waals surface area contributed by atoms with E-state index in [-0.39, 0.29) is 24.5 Å². The van der Waals surface area contributed by atoms with Gasteiger partial charge in [-0.25, -0.2) is 0 Å². The molecule has 10 N–H and O–H groups in total. The lowest BCUT2D eigenvalue weighted by Gasteiger charge is -2.24. The summed E-state index contributed by atoms with van der Waals surface area (Å²) in [5.74, 6) is -5.01. The number of carboxylic acid groups (broad SMARTS) is 1. The summed E-state index contributed by atoms with van der Waals surface area (Å²) >= 11 is 0. The summed E-state index contributed by atoms with van der Waals surface area (Å²) in [7, 11) is 0. The molecule has 15 heteroatoms. The molecule has 0 radical (unpaired) electrons. The zero-order valence-electron chi connectivity index (χ0n) is 24.3. The molecule has 5 amide bonds. The molecule has 0 unspecified atom stereocenters. The number of carbonyl (C=O) groups excluding carboxylic acids is 5. The van der Waals surface area contributed by atoms with Gasteiger partial charge in [0.2, 0.25) is 29.5 Å². The lowest BCUT2D eigenvalue weighted by atomic mass is 10.0. The summed E-state index contributed by atoms with van der Waals surface area (Å²) in [4.78, 5) is 73.8. The molecule has 6 atom stereocenters. The van der Waals surface area contributed by atoms with Crippen LogP contribution in [0, 0.1) is 5.92 Å². The highest BCUT2D eigenvalue weighted by molar-refractivity contribution is 5.95. The lowest BCUT2D eigenvalue weighted by molar-refractivity contribution is -0.141. The molecule has 42 heavy (non-hydrogen) atoms. The number of phenols is 1. The number of benzene rings is 1. The summed E-state index contributed by atoms with van der Waals surface area (Å²) in [6, 6.07) is 0.200. The van der Waals surface area contributed by atoms with Crippen LogP contribution in [0.25, 0.3) is 0 Å². The van der Waals surface area contributed by atoms with Gasteiger partial charge < -0.3 is 47.6 Å². The zero-order chi connectivity index (χ0) is 32.1. The first kappa shape index (κ1) is 35.8. The Hall–Kier alpha value is -4.24. The Labute approximate surface area is 244 Å². The van der Waals surface area contributed by atoms with Crippen LogP contribution in [0.5, 0.6) is 5.75 Å². The highest BCUT2D eigenvalue weighted by Crippen LogP contribution is 2.11. The fraction of sp³-hybridized carbons (Fsp3) is 0.556. The smallest absolute Gasteiger partial charge is 0.325 e. The molecule has 0 spiro atoms. The average molecular weight is 595 g/mol. The van der Waals surface area contributed by atoms with Crippen molar-refractivity contribution >= 4 is 35.5 Å². The number of aliphatic hydroxyl groups is 1. The van der Waals surface area contributed by atoms with Crippen LogP contribution < -0.4 is 32.3 Å². The summed E-state index contributed by atoms with van der Waals surface area (Å²) in [6.45, 7) is 6.92. The van der Waals surface area contributed by atoms with E-state index < -0.39 is 78.4 Å². The molecule has 0 saturated heterocycles. The van der Waals surface area contributed by atoms with Gasteiger partial charge in [0.25, 0.3) is 0 Å². The van der Waals surface area contributed by atoms with Crippen molar-refractivity contribution in [3.63, 3.8) is 0 Å². The second-order valence-corrected chi connectivity index (χ2v) is 10.5. The maximum Gasteiger partial charge on any atom is 0.325 e. The largest absolute Gasteiger partial charge is 0.508 e. The number of aromatic hydroxyl groups is 1. The maximum absolute atomic E-state index is 12.8. The van der Waals surface area contributed by atoms with Crippen LogP contribution in [0.3, 0.4) is 0 Å². The molecule has 0 aliphatic carbocycles. The van der Waals surface area contributed by atoms with Gasteiger partial charge in [0.15, 0.2) is 0 Å². The third-order valence-corrected chi connectivity index (χ3v) is 6.05. The molecule has 0 aliphatic rings. The minimum Gasteiger partial charge on any atom is -0.508 e. The highest BCUT2D eigenvalue weighted by Gasteiger charge is 2.30. The van der Waals surface area contributed by atoms with Crippen molar-refractivity contribution in [2.24, 2.45) is 11.7 Å². The SMILES string of the molecule is CC(C)C[C@H](NC(=O)CNC(=O)[C@@H](NC(=O)[C@@H](N)Cc1ccc(O)cc1)[C@@H](C)O)C(=O)N[C@@H](C)C(=O)N[C@@H](C)C(=O)O. The van der Waals surface area contributed by atoms with Crippen molar-refractivity contribution in [2.45, 2.75) is 83.8 Å². The molecule has 1 rings (SSSR count). The van der Waals surface area contributed by atoms with Gasteiger partial charge in [-0.3, -0.25) is 28.8 Å². The van der Waals surface area contributed by atoms with Crippen LogP contribution >= 0.6 is 0 Å². The van der Waals surface area contributed by atoms with Gasteiger partial charge in [-0.05, 0) is 57.2 Å². The molecule has 0 fully saturated rings. The second kappa shape index (κ2) is 16.9. The van der Waals surface area contributed by atoms with Gasteiger partial charge in [0, 0.05) is 0 Å². The van der Waals surface area contributed by atoms with Gasteiger partial charge in [0.05, 0.1) is 18.7 Å². The van der Waals surface area contributed by atoms with Gasteiger partial charge in [-0.2, -0.15) is 0 Å². The van der Waals surface area contributed by atoms with Crippen molar-refractivity contribution in [3.8, 4) is 5.75 Å². The minimum absolute atomic E-state index is 0.0485. The Morgan fingerprint density at radius 2 is 1.36 bits per heavy atom. The molecule has 0 saturated carbocycles.